The lowest BCUT2D eigenvalue weighted by Gasteiger charge is -2.44. The summed E-state index contributed by atoms with van der Waals surface area (Å²) in [6.45, 7) is 2.71. The molecule has 0 saturated carbocycles. The lowest BCUT2D eigenvalue weighted by atomic mass is 9.94. The molecule has 6 nitrogen and oxygen atoms in total. The molecular formula is C25H24FN3O3S. The van der Waals surface area contributed by atoms with E-state index in [1.807, 2.05) is 23.2 Å². The van der Waals surface area contributed by atoms with Crippen LogP contribution in [0.3, 0.4) is 0 Å². The van der Waals surface area contributed by atoms with Crippen LogP contribution in [-0.4, -0.2) is 42.4 Å². The molecule has 0 aliphatic carbocycles. The first kappa shape index (κ1) is 21.7. The Morgan fingerprint density at radius 3 is 2.70 bits per heavy atom. The average Bonchev–Trinajstić information content (AvgIpc) is 2.98. The number of pyridine rings is 1. The Morgan fingerprint density at radius 1 is 1.09 bits per heavy atom. The van der Waals surface area contributed by atoms with Gasteiger partial charge in [-0.25, -0.2) is 4.39 Å². The third kappa shape index (κ3) is 3.63. The second-order valence-corrected chi connectivity index (χ2v) is 9.17. The van der Waals surface area contributed by atoms with Gasteiger partial charge in [-0.2, -0.15) is 0 Å². The number of halogens is 1. The molecule has 0 N–H and O–H groups in total. The van der Waals surface area contributed by atoms with E-state index in [9.17, 15) is 14.0 Å². The Kier molecular flexibility index (Phi) is 5.72. The number of hydrogen-bond donors (Lipinski definition) is 0. The quantitative estimate of drug-likeness (QED) is 0.588. The molecule has 0 spiro atoms. The summed E-state index contributed by atoms with van der Waals surface area (Å²) in [6.07, 6.45) is 1.65. The average molecular weight is 466 g/mol. The summed E-state index contributed by atoms with van der Waals surface area (Å²) < 4.78 is 22.0. The van der Waals surface area contributed by atoms with Gasteiger partial charge in [0.1, 0.15) is 18.2 Å². The zero-order valence-electron chi connectivity index (χ0n) is 18.5. The van der Waals surface area contributed by atoms with E-state index in [2.05, 4.69) is 12.1 Å². The maximum Gasteiger partial charge on any atom is 0.274 e. The lowest BCUT2D eigenvalue weighted by molar-refractivity contribution is 0.0618. The predicted octanol–water partition coefficient (Wildman–Crippen LogP) is 3.69. The van der Waals surface area contributed by atoms with E-state index < -0.39 is 0 Å². The number of carbonyl (C=O) groups excluding carboxylic acids is 1. The van der Waals surface area contributed by atoms with Crippen molar-refractivity contribution in [2.45, 2.75) is 23.6 Å². The van der Waals surface area contributed by atoms with Crippen LogP contribution in [-0.2, 0) is 10.5 Å². The summed E-state index contributed by atoms with van der Waals surface area (Å²) in [5.41, 5.74) is 3.54. The first-order valence-electron chi connectivity index (χ1n) is 10.8. The van der Waals surface area contributed by atoms with Crippen LogP contribution in [0, 0.1) is 12.7 Å². The van der Waals surface area contributed by atoms with E-state index in [0.29, 0.717) is 35.1 Å². The number of nitrogens with zero attached hydrogens (tertiary/aromatic N) is 3. The van der Waals surface area contributed by atoms with E-state index >= 15 is 0 Å². The first-order chi connectivity index (χ1) is 16.0. The summed E-state index contributed by atoms with van der Waals surface area (Å²) >= 11 is 1.49. The molecule has 2 aromatic carbocycles. The number of benzene rings is 2. The summed E-state index contributed by atoms with van der Waals surface area (Å²) in [4.78, 5) is 28.1. The Morgan fingerprint density at radius 2 is 1.88 bits per heavy atom. The van der Waals surface area contributed by atoms with Crippen molar-refractivity contribution in [1.29, 1.82) is 0 Å². The maximum absolute atomic E-state index is 15.0. The van der Waals surface area contributed by atoms with Crippen LogP contribution in [0.4, 0.5) is 4.39 Å². The van der Waals surface area contributed by atoms with Crippen LogP contribution in [0.2, 0.25) is 0 Å². The number of fused-ring (bicyclic) bond motifs is 3. The Bertz CT molecular complexity index is 1290. The molecule has 1 atom stereocenters. The largest absolute Gasteiger partial charge is 0.383 e. The summed E-state index contributed by atoms with van der Waals surface area (Å²) in [6, 6.07) is 14.4. The molecule has 8 heteroatoms. The van der Waals surface area contributed by atoms with Crippen LogP contribution >= 0.6 is 11.8 Å². The molecule has 0 saturated heterocycles. The Balaban J connectivity index is 1.76. The molecular weight excluding hydrogens is 441 g/mol. The third-order valence-electron chi connectivity index (χ3n) is 6.28. The van der Waals surface area contributed by atoms with Crippen molar-refractivity contribution in [1.82, 2.24) is 9.58 Å². The number of hydrogen-bond acceptors (Lipinski definition) is 5. The molecule has 1 unspecified atom stereocenters. The number of ether oxygens (including phenoxy) is 1. The molecule has 0 radical (unpaired) electrons. The van der Waals surface area contributed by atoms with Gasteiger partial charge in [-0.15, -0.1) is 11.8 Å². The van der Waals surface area contributed by atoms with Crippen LogP contribution in [0.1, 0.15) is 38.8 Å². The normalized spacial score (nSPS) is 17.3. The topological polar surface area (TPSA) is 54.8 Å². The van der Waals surface area contributed by atoms with Gasteiger partial charge < -0.3 is 9.64 Å². The number of carbonyl (C=O) groups is 1. The fourth-order valence-corrected chi connectivity index (χ4v) is 5.71. The van der Waals surface area contributed by atoms with Gasteiger partial charge in [-0.05, 0) is 29.7 Å². The third-order valence-corrected chi connectivity index (χ3v) is 7.45. The Labute approximate surface area is 195 Å². The van der Waals surface area contributed by atoms with E-state index in [1.165, 1.54) is 23.9 Å². The van der Waals surface area contributed by atoms with Gasteiger partial charge >= 0.3 is 0 Å². The predicted molar refractivity (Wildman–Crippen MR) is 126 cm³/mol. The molecule has 3 aromatic rings. The zero-order chi connectivity index (χ0) is 23.1. The van der Waals surface area contributed by atoms with Gasteiger partial charge in [-0.1, -0.05) is 36.4 Å². The molecule has 2 aliphatic heterocycles. The van der Waals surface area contributed by atoms with E-state index in [-0.39, 0.29) is 29.9 Å². The van der Waals surface area contributed by atoms with Crippen molar-refractivity contribution < 1.29 is 13.9 Å². The van der Waals surface area contributed by atoms with Crippen molar-refractivity contribution in [3.8, 4) is 0 Å². The zero-order valence-corrected chi connectivity index (χ0v) is 19.3. The van der Waals surface area contributed by atoms with E-state index in [1.54, 1.807) is 35.9 Å². The molecule has 1 aromatic heterocycles. The van der Waals surface area contributed by atoms with Crippen molar-refractivity contribution in [2.75, 3.05) is 31.9 Å². The van der Waals surface area contributed by atoms with Crippen LogP contribution < -0.4 is 10.4 Å². The molecule has 2 aliphatic rings. The number of rotatable bonds is 4. The van der Waals surface area contributed by atoms with Crippen molar-refractivity contribution in [3.05, 3.63) is 98.7 Å². The molecule has 33 heavy (non-hydrogen) atoms. The second-order valence-electron chi connectivity index (χ2n) is 8.19. The lowest BCUT2D eigenvalue weighted by Crippen LogP contribution is -2.56. The minimum absolute atomic E-state index is 0.189. The minimum atomic E-state index is -0.347. The van der Waals surface area contributed by atoms with E-state index in [4.69, 9.17) is 4.74 Å². The van der Waals surface area contributed by atoms with Crippen LogP contribution in [0.15, 0.2) is 64.4 Å². The second kappa shape index (κ2) is 8.68. The highest BCUT2D eigenvalue weighted by atomic mass is 32.2. The van der Waals surface area contributed by atoms with Crippen molar-refractivity contribution in [2.24, 2.45) is 0 Å². The summed E-state index contributed by atoms with van der Waals surface area (Å²) in [7, 11) is 1.59. The van der Waals surface area contributed by atoms with Crippen LogP contribution in [0.5, 0.6) is 0 Å². The summed E-state index contributed by atoms with van der Waals surface area (Å²) in [5.74, 6) is 0.182. The van der Waals surface area contributed by atoms with Crippen molar-refractivity contribution in [3.63, 3.8) is 0 Å². The highest BCUT2D eigenvalue weighted by Crippen LogP contribution is 2.43. The fraction of sp³-hybridized carbons (Fsp3) is 0.280. The SMILES string of the molecule is COCCN1CN(C2c3ccccc3CSc3c(F)cccc32)n2ccc(=O)c(C)c2C1=O. The standard InChI is InChI=1S/C25H24FN3O3S/c1-16-21(30)10-11-28-22(16)25(31)27(12-13-32-2)15-29(28)23-18-7-4-3-6-17(18)14-33-24-19(23)8-5-9-20(24)26/h3-11,23H,12-15H2,1-2H3. The first-order valence-corrected chi connectivity index (χ1v) is 11.8. The molecule has 170 valence electrons. The molecule has 5 rings (SSSR count). The van der Waals surface area contributed by atoms with Gasteiger partial charge in [0, 0.05) is 42.1 Å². The highest BCUT2D eigenvalue weighted by Gasteiger charge is 2.38. The maximum atomic E-state index is 15.0. The number of aromatic nitrogens is 1. The van der Waals surface area contributed by atoms with Gasteiger partial charge in [-0.3, -0.25) is 19.3 Å². The fourth-order valence-electron chi connectivity index (χ4n) is 4.60. The monoisotopic (exact) mass is 465 g/mol. The van der Waals surface area contributed by atoms with Gasteiger partial charge in [0.2, 0.25) is 0 Å². The number of amides is 1. The molecule has 1 amide bonds. The number of thioether (sulfide) groups is 1. The number of methoxy groups -OCH3 is 1. The van der Waals surface area contributed by atoms with Gasteiger partial charge in [0.25, 0.3) is 5.91 Å². The smallest absolute Gasteiger partial charge is 0.274 e. The highest BCUT2D eigenvalue weighted by molar-refractivity contribution is 7.98. The molecule has 0 fully saturated rings. The van der Waals surface area contributed by atoms with E-state index in [0.717, 1.165) is 16.7 Å². The van der Waals surface area contributed by atoms with Gasteiger partial charge in [0.05, 0.1) is 12.6 Å². The summed E-state index contributed by atoms with van der Waals surface area (Å²) in [5, 5.41) is 2.04. The molecule has 0 bridgehead atoms. The Hall–Kier alpha value is -3.10. The minimum Gasteiger partial charge on any atom is -0.383 e. The van der Waals surface area contributed by atoms with Crippen molar-refractivity contribution >= 4 is 17.7 Å². The molecule has 3 heterocycles. The van der Waals surface area contributed by atoms with Gasteiger partial charge in [0.15, 0.2) is 5.43 Å². The van der Waals surface area contributed by atoms with Crippen LogP contribution in [0.25, 0.3) is 0 Å².